The molecule has 24 heavy (non-hydrogen) atoms. The fourth-order valence-corrected chi connectivity index (χ4v) is 2.34. The number of hydrogen-bond acceptors (Lipinski definition) is 4. The molecule has 0 radical (unpaired) electrons. The minimum atomic E-state index is -0.600. The monoisotopic (exact) mass is 327 g/mol. The Labute approximate surface area is 141 Å². The fourth-order valence-electron chi connectivity index (χ4n) is 2.34. The van der Waals surface area contributed by atoms with E-state index in [2.05, 4.69) is 5.32 Å². The van der Waals surface area contributed by atoms with Crippen LogP contribution in [0.25, 0.3) is 0 Å². The SMILES string of the molecule is CCC[C@H](NC(=O)COC(=O)c1ccc(O)cc1)c1ccccc1. The largest absolute Gasteiger partial charge is 0.508 e. The van der Waals surface area contributed by atoms with E-state index in [1.54, 1.807) is 0 Å². The predicted octanol–water partition coefficient (Wildman–Crippen LogP) is 3.21. The highest BCUT2D eigenvalue weighted by molar-refractivity contribution is 5.91. The van der Waals surface area contributed by atoms with Crippen molar-refractivity contribution in [3.8, 4) is 5.75 Å². The standard InChI is InChI=1S/C19H21NO4/c1-2-6-17(14-7-4-3-5-8-14)20-18(22)13-24-19(23)15-9-11-16(21)12-10-15/h3-5,7-12,17,21H,2,6,13H2,1H3,(H,20,22)/t17-/m0/s1. The second-order valence-electron chi connectivity index (χ2n) is 5.44. The van der Waals surface area contributed by atoms with Crippen LogP contribution in [-0.2, 0) is 9.53 Å². The maximum atomic E-state index is 12.1. The van der Waals surface area contributed by atoms with Gasteiger partial charge in [0.05, 0.1) is 11.6 Å². The lowest BCUT2D eigenvalue weighted by Gasteiger charge is -2.18. The number of carbonyl (C=O) groups excluding carboxylic acids is 2. The summed E-state index contributed by atoms with van der Waals surface area (Å²) in [4.78, 5) is 23.9. The molecule has 0 aliphatic heterocycles. The van der Waals surface area contributed by atoms with E-state index in [1.165, 1.54) is 24.3 Å². The topological polar surface area (TPSA) is 75.6 Å². The number of hydrogen-bond donors (Lipinski definition) is 2. The van der Waals surface area contributed by atoms with E-state index in [0.29, 0.717) is 0 Å². The van der Waals surface area contributed by atoms with Crippen LogP contribution in [0.4, 0.5) is 0 Å². The molecule has 0 aliphatic rings. The molecule has 0 saturated heterocycles. The summed E-state index contributed by atoms with van der Waals surface area (Å²) in [7, 11) is 0. The van der Waals surface area contributed by atoms with Gasteiger partial charge in [-0.25, -0.2) is 4.79 Å². The maximum absolute atomic E-state index is 12.1. The molecule has 5 heteroatoms. The normalized spacial score (nSPS) is 11.5. The number of rotatable bonds is 7. The molecule has 0 unspecified atom stereocenters. The van der Waals surface area contributed by atoms with Crippen molar-refractivity contribution in [2.75, 3.05) is 6.61 Å². The Morgan fingerprint density at radius 3 is 2.38 bits per heavy atom. The van der Waals surface area contributed by atoms with E-state index in [1.807, 2.05) is 37.3 Å². The van der Waals surface area contributed by atoms with E-state index < -0.39 is 5.97 Å². The molecule has 2 N–H and O–H groups in total. The summed E-state index contributed by atoms with van der Waals surface area (Å²) >= 11 is 0. The molecule has 0 saturated carbocycles. The molecule has 0 aromatic heterocycles. The first kappa shape index (κ1) is 17.5. The number of aromatic hydroxyl groups is 1. The number of amides is 1. The summed E-state index contributed by atoms with van der Waals surface area (Å²) in [5, 5.41) is 12.1. The lowest BCUT2D eigenvalue weighted by Crippen LogP contribution is -2.32. The van der Waals surface area contributed by atoms with Crippen molar-refractivity contribution in [2.45, 2.75) is 25.8 Å². The number of ether oxygens (including phenoxy) is 1. The third-order valence-corrected chi connectivity index (χ3v) is 3.55. The second-order valence-corrected chi connectivity index (χ2v) is 5.44. The first-order chi connectivity index (χ1) is 11.6. The van der Waals surface area contributed by atoms with Crippen molar-refractivity contribution in [3.63, 3.8) is 0 Å². The molecule has 5 nitrogen and oxygen atoms in total. The Hall–Kier alpha value is -2.82. The maximum Gasteiger partial charge on any atom is 0.338 e. The molecular weight excluding hydrogens is 306 g/mol. The minimum Gasteiger partial charge on any atom is -0.508 e. The molecule has 0 spiro atoms. The van der Waals surface area contributed by atoms with E-state index in [-0.39, 0.29) is 29.9 Å². The summed E-state index contributed by atoms with van der Waals surface area (Å²) in [5.74, 6) is -0.879. The van der Waals surface area contributed by atoms with Gasteiger partial charge in [-0.1, -0.05) is 43.7 Å². The Balaban J connectivity index is 1.89. The molecular formula is C19H21NO4. The van der Waals surface area contributed by atoms with Gasteiger partial charge in [0.2, 0.25) is 0 Å². The molecule has 0 bridgehead atoms. The first-order valence-corrected chi connectivity index (χ1v) is 7.90. The van der Waals surface area contributed by atoms with Crippen molar-refractivity contribution < 1.29 is 19.4 Å². The van der Waals surface area contributed by atoms with Gasteiger partial charge in [0.1, 0.15) is 5.75 Å². The summed E-state index contributed by atoms with van der Waals surface area (Å²) in [5.41, 5.74) is 1.31. The highest BCUT2D eigenvalue weighted by atomic mass is 16.5. The summed E-state index contributed by atoms with van der Waals surface area (Å²) < 4.78 is 5.01. The molecule has 1 atom stereocenters. The second kappa shape index (κ2) is 8.72. The van der Waals surface area contributed by atoms with Gasteiger partial charge in [-0.15, -0.1) is 0 Å². The van der Waals surface area contributed by atoms with Crippen LogP contribution >= 0.6 is 0 Å². The highest BCUT2D eigenvalue weighted by Crippen LogP contribution is 2.18. The van der Waals surface area contributed by atoms with Crippen LogP contribution in [0.2, 0.25) is 0 Å². The van der Waals surface area contributed by atoms with Crippen molar-refractivity contribution in [1.29, 1.82) is 0 Å². The third-order valence-electron chi connectivity index (χ3n) is 3.55. The smallest absolute Gasteiger partial charge is 0.338 e. The summed E-state index contributed by atoms with van der Waals surface area (Å²) in [6, 6.07) is 15.3. The third kappa shape index (κ3) is 5.12. The first-order valence-electron chi connectivity index (χ1n) is 7.90. The predicted molar refractivity (Wildman–Crippen MR) is 90.6 cm³/mol. The highest BCUT2D eigenvalue weighted by Gasteiger charge is 2.15. The van der Waals surface area contributed by atoms with Gasteiger partial charge in [-0.3, -0.25) is 4.79 Å². The molecule has 0 heterocycles. The molecule has 126 valence electrons. The number of phenols is 1. The van der Waals surface area contributed by atoms with Gasteiger partial charge < -0.3 is 15.2 Å². The Kier molecular flexibility index (Phi) is 6.37. The zero-order chi connectivity index (χ0) is 17.4. The molecule has 2 rings (SSSR count). The minimum absolute atomic E-state index is 0.0644. The van der Waals surface area contributed by atoms with Crippen LogP contribution < -0.4 is 5.32 Å². The molecule has 2 aromatic carbocycles. The van der Waals surface area contributed by atoms with E-state index in [9.17, 15) is 14.7 Å². The van der Waals surface area contributed by atoms with E-state index in [0.717, 1.165) is 18.4 Å². The van der Waals surface area contributed by atoms with Crippen molar-refractivity contribution in [1.82, 2.24) is 5.32 Å². The number of benzene rings is 2. The van der Waals surface area contributed by atoms with Gasteiger partial charge in [0.15, 0.2) is 6.61 Å². The van der Waals surface area contributed by atoms with Gasteiger partial charge in [-0.05, 0) is 36.2 Å². The summed E-state index contributed by atoms with van der Waals surface area (Å²) in [6.07, 6.45) is 1.73. The molecule has 1 amide bonds. The molecule has 0 fully saturated rings. The zero-order valence-corrected chi connectivity index (χ0v) is 13.6. The lowest BCUT2D eigenvalue weighted by atomic mass is 10.0. The molecule has 2 aromatic rings. The quantitative estimate of drug-likeness (QED) is 0.766. The number of phenolic OH excluding ortho intramolecular Hbond substituents is 1. The van der Waals surface area contributed by atoms with E-state index in [4.69, 9.17) is 4.74 Å². The van der Waals surface area contributed by atoms with Crippen molar-refractivity contribution in [2.24, 2.45) is 0 Å². The van der Waals surface area contributed by atoms with Crippen LogP contribution in [0.15, 0.2) is 54.6 Å². The average Bonchev–Trinajstić information content (AvgIpc) is 2.60. The van der Waals surface area contributed by atoms with Gasteiger partial charge in [0, 0.05) is 0 Å². The Morgan fingerprint density at radius 1 is 1.08 bits per heavy atom. The van der Waals surface area contributed by atoms with Crippen LogP contribution in [-0.4, -0.2) is 23.6 Å². The van der Waals surface area contributed by atoms with Crippen LogP contribution in [0.5, 0.6) is 5.75 Å². The number of nitrogens with one attached hydrogen (secondary N) is 1. The number of esters is 1. The van der Waals surface area contributed by atoms with Crippen LogP contribution in [0, 0.1) is 0 Å². The van der Waals surface area contributed by atoms with Crippen molar-refractivity contribution in [3.05, 3.63) is 65.7 Å². The Bertz CT molecular complexity index is 668. The fraction of sp³-hybridized carbons (Fsp3) is 0.263. The zero-order valence-electron chi connectivity index (χ0n) is 13.6. The Morgan fingerprint density at radius 2 is 1.75 bits per heavy atom. The van der Waals surface area contributed by atoms with Crippen LogP contribution in [0.3, 0.4) is 0 Å². The van der Waals surface area contributed by atoms with Gasteiger partial charge in [0.25, 0.3) is 5.91 Å². The lowest BCUT2D eigenvalue weighted by molar-refractivity contribution is -0.125. The van der Waals surface area contributed by atoms with Gasteiger partial charge >= 0.3 is 5.97 Å². The van der Waals surface area contributed by atoms with Crippen molar-refractivity contribution >= 4 is 11.9 Å². The van der Waals surface area contributed by atoms with E-state index >= 15 is 0 Å². The number of carbonyl (C=O) groups is 2. The van der Waals surface area contributed by atoms with Gasteiger partial charge in [-0.2, -0.15) is 0 Å². The van der Waals surface area contributed by atoms with Crippen LogP contribution in [0.1, 0.15) is 41.7 Å². The summed E-state index contributed by atoms with van der Waals surface area (Å²) in [6.45, 7) is 1.71. The average molecular weight is 327 g/mol. The molecule has 0 aliphatic carbocycles.